The van der Waals surface area contributed by atoms with Gasteiger partial charge in [-0.2, -0.15) is 0 Å². The molecule has 0 saturated heterocycles. The zero-order valence-electron chi connectivity index (χ0n) is 15.5. The summed E-state index contributed by atoms with van der Waals surface area (Å²) >= 11 is 0. The van der Waals surface area contributed by atoms with E-state index in [0.717, 1.165) is 31.4 Å². The van der Waals surface area contributed by atoms with Crippen LogP contribution in [0.25, 0.3) is 0 Å². The molecule has 27 heavy (non-hydrogen) atoms. The zero-order chi connectivity index (χ0) is 19.1. The van der Waals surface area contributed by atoms with Gasteiger partial charge in [0.1, 0.15) is 18.4 Å². The van der Waals surface area contributed by atoms with Crippen LogP contribution in [0.5, 0.6) is 5.75 Å². The van der Waals surface area contributed by atoms with Crippen molar-refractivity contribution in [2.45, 2.75) is 45.3 Å². The van der Waals surface area contributed by atoms with E-state index in [4.69, 9.17) is 4.74 Å². The first-order chi connectivity index (χ1) is 13.1. The largest absolute Gasteiger partial charge is 0.487 e. The predicted octanol–water partition coefficient (Wildman–Crippen LogP) is 3.29. The molecular weight excluding hydrogens is 342 g/mol. The van der Waals surface area contributed by atoms with Gasteiger partial charge in [-0.1, -0.05) is 25.0 Å². The summed E-state index contributed by atoms with van der Waals surface area (Å²) in [5, 5.41) is 5.64. The molecule has 0 radical (unpaired) electrons. The SMILES string of the molecule is C[C@@H](NC(=O)C1CCCC1)C(=O)Nc1cccc(OCc2ccccn2)c1. The Bertz CT molecular complexity index is 773. The number of pyridine rings is 1. The highest BCUT2D eigenvalue weighted by molar-refractivity contribution is 5.97. The summed E-state index contributed by atoms with van der Waals surface area (Å²) in [5.41, 5.74) is 1.45. The van der Waals surface area contributed by atoms with Gasteiger partial charge in [-0.3, -0.25) is 14.6 Å². The van der Waals surface area contributed by atoms with Gasteiger partial charge in [0.2, 0.25) is 11.8 Å². The number of carbonyl (C=O) groups excluding carboxylic acids is 2. The van der Waals surface area contributed by atoms with Crippen molar-refractivity contribution in [1.82, 2.24) is 10.3 Å². The molecule has 0 spiro atoms. The minimum Gasteiger partial charge on any atom is -0.487 e. The third kappa shape index (κ3) is 5.54. The molecule has 6 heteroatoms. The van der Waals surface area contributed by atoms with Gasteiger partial charge in [0.25, 0.3) is 0 Å². The van der Waals surface area contributed by atoms with Crippen LogP contribution >= 0.6 is 0 Å². The summed E-state index contributed by atoms with van der Waals surface area (Å²) < 4.78 is 5.72. The fraction of sp³-hybridized carbons (Fsp3) is 0.381. The molecule has 1 aliphatic carbocycles. The van der Waals surface area contributed by atoms with Crippen LogP contribution in [0.1, 0.15) is 38.3 Å². The molecule has 142 valence electrons. The Morgan fingerprint density at radius 3 is 2.74 bits per heavy atom. The van der Waals surface area contributed by atoms with E-state index in [9.17, 15) is 9.59 Å². The van der Waals surface area contributed by atoms with E-state index >= 15 is 0 Å². The standard InChI is InChI=1S/C21H25N3O3/c1-15(23-21(26)16-7-2-3-8-16)20(25)24-17-10-6-11-19(13-17)27-14-18-9-4-5-12-22-18/h4-6,9-13,15-16H,2-3,7-8,14H2,1H3,(H,23,26)(H,24,25)/t15-/m1/s1. The Morgan fingerprint density at radius 1 is 1.19 bits per heavy atom. The van der Waals surface area contributed by atoms with E-state index in [0.29, 0.717) is 18.0 Å². The van der Waals surface area contributed by atoms with E-state index in [-0.39, 0.29) is 17.7 Å². The number of hydrogen-bond acceptors (Lipinski definition) is 4. The Kier molecular flexibility index (Phi) is 6.41. The molecule has 0 unspecified atom stereocenters. The second-order valence-corrected chi connectivity index (χ2v) is 6.84. The molecule has 1 aromatic heterocycles. The van der Waals surface area contributed by atoms with Crippen molar-refractivity contribution in [3.63, 3.8) is 0 Å². The summed E-state index contributed by atoms with van der Waals surface area (Å²) in [7, 11) is 0. The first kappa shape index (κ1) is 18.9. The number of ether oxygens (including phenoxy) is 1. The fourth-order valence-electron chi connectivity index (χ4n) is 3.14. The molecule has 1 aromatic carbocycles. The van der Waals surface area contributed by atoms with E-state index < -0.39 is 6.04 Å². The zero-order valence-corrected chi connectivity index (χ0v) is 15.5. The number of anilines is 1. The molecular formula is C21H25N3O3. The summed E-state index contributed by atoms with van der Waals surface area (Å²) in [4.78, 5) is 28.8. The Labute approximate surface area is 159 Å². The van der Waals surface area contributed by atoms with Crippen LogP contribution in [0.3, 0.4) is 0 Å². The highest BCUT2D eigenvalue weighted by Crippen LogP contribution is 2.25. The molecule has 1 aliphatic rings. The molecule has 2 aromatic rings. The number of carbonyl (C=O) groups is 2. The molecule has 1 saturated carbocycles. The average molecular weight is 367 g/mol. The summed E-state index contributed by atoms with van der Waals surface area (Å²) in [6, 6.07) is 12.2. The van der Waals surface area contributed by atoms with Gasteiger partial charge < -0.3 is 15.4 Å². The van der Waals surface area contributed by atoms with Gasteiger partial charge in [-0.25, -0.2) is 0 Å². The summed E-state index contributed by atoms with van der Waals surface area (Å²) in [5.74, 6) is 0.412. The number of hydrogen-bond donors (Lipinski definition) is 2. The lowest BCUT2D eigenvalue weighted by atomic mass is 10.1. The van der Waals surface area contributed by atoms with Crippen LogP contribution in [-0.2, 0) is 16.2 Å². The molecule has 6 nitrogen and oxygen atoms in total. The average Bonchev–Trinajstić information content (AvgIpc) is 3.22. The minimum absolute atomic E-state index is 0.0254. The monoisotopic (exact) mass is 367 g/mol. The van der Waals surface area contributed by atoms with E-state index in [2.05, 4.69) is 15.6 Å². The molecule has 2 amide bonds. The molecule has 0 bridgehead atoms. The van der Waals surface area contributed by atoms with Gasteiger partial charge in [0.15, 0.2) is 0 Å². The van der Waals surface area contributed by atoms with Crippen LogP contribution in [0, 0.1) is 5.92 Å². The van der Waals surface area contributed by atoms with Crippen molar-refractivity contribution in [2.24, 2.45) is 5.92 Å². The topological polar surface area (TPSA) is 80.3 Å². The highest BCUT2D eigenvalue weighted by atomic mass is 16.5. The number of nitrogens with one attached hydrogen (secondary N) is 2. The van der Waals surface area contributed by atoms with Gasteiger partial charge in [0.05, 0.1) is 5.69 Å². The fourth-order valence-corrected chi connectivity index (χ4v) is 3.14. The van der Waals surface area contributed by atoms with Crippen LogP contribution in [0.2, 0.25) is 0 Å². The molecule has 3 rings (SSSR count). The Morgan fingerprint density at radius 2 is 2.00 bits per heavy atom. The minimum atomic E-state index is -0.587. The van der Waals surface area contributed by atoms with Crippen LogP contribution in [0.15, 0.2) is 48.7 Å². The van der Waals surface area contributed by atoms with E-state index in [1.165, 1.54) is 0 Å². The van der Waals surface area contributed by atoms with Crippen molar-refractivity contribution in [1.29, 1.82) is 0 Å². The number of amides is 2. The number of benzene rings is 1. The molecule has 1 atom stereocenters. The van der Waals surface area contributed by atoms with Crippen molar-refractivity contribution in [3.8, 4) is 5.75 Å². The first-order valence-corrected chi connectivity index (χ1v) is 9.36. The van der Waals surface area contributed by atoms with Crippen LogP contribution in [-0.4, -0.2) is 22.8 Å². The van der Waals surface area contributed by atoms with Crippen LogP contribution < -0.4 is 15.4 Å². The quantitative estimate of drug-likeness (QED) is 0.787. The molecule has 2 N–H and O–H groups in total. The number of rotatable bonds is 7. The second kappa shape index (κ2) is 9.16. The third-order valence-corrected chi connectivity index (χ3v) is 4.69. The number of nitrogens with zero attached hydrogens (tertiary/aromatic N) is 1. The Balaban J connectivity index is 1.51. The molecule has 1 heterocycles. The van der Waals surface area contributed by atoms with Gasteiger partial charge in [-0.15, -0.1) is 0 Å². The van der Waals surface area contributed by atoms with Crippen molar-refractivity contribution in [3.05, 3.63) is 54.4 Å². The van der Waals surface area contributed by atoms with E-state index in [1.54, 1.807) is 25.3 Å². The van der Waals surface area contributed by atoms with Crippen LogP contribution in [0.4, 0.5) is 5.69 Å². The van der Waals surface area contributed by atoms with Gasteiger partial charge in [0, 0.05) is 23.9 Å². The maximum absolute atomic E-state index is 12.4. The predicted molar refractivity (Wildman–Crippen MR) is 103 cm³/mol. The summed E-state index contributed by atoms with van der Waals surface area (Å²) in [6.07, 6.45) is 5.72. The lowest BCUT2D eigenvalue weighted by Gasteiger charge is -2.17. The van der Waals surface area contributed by atoms with Crippen molar-refractivity contribution < 1.29 is 14.3 Å². The molecule has 0 aliphatic heterocycles. The third-order valence-electron chi connectivity index (χ3n) is 4.69. The maximum Gasteiger partial charge on any atom is 0.246 e. The van der Waals surface area contributed by atoms with Crippen molar-refractivity contribution >= 4 is 17.5 Å². The normalized spacial score (nSPS) is 15.1. The van der Waals surface area contributed by atoms with Crippen molar-refractivity contribution in [2.75, 3.05) is 5.32 Å². The lowest BCUT2D eigenvalue weighted by Crippen LogP contribution is -2.43. The first-order valence-electron chi connectivity index (χ1n) is 9.36. The smallest absolute Gasteiger partial charge is 0.246 e. The van der Waals surface area contributed by atoms with Gasteiger partial charge in [-0.05, 0) is 44.0 Å². The van der Waals surface area contributed by atoms with E-state index in [1.807, 2.05) is 30.3 Å². The number of aromatic nitrogens is 1. The Hall–Kier alpha value is -2.89. The van der Waals surface area contributed by atoms with Gasteiger partial charge >= 0.3 is 0 Å². The maximum atomic E-state index is 12.4. The lowest BCUT2D eigenvalue weighted by molar-refractivity contribution is -0.128. The summed E-state index contributed by atoms with van der Waals surface area (Å²) in [6.45, 7) is 2.05. The highest BCUT2D eigenvalue weighted by Gasteiger charge is 2.25. The second-order valence-electron chi connectivity index (χ2n) is 6.84. The molecule has 1 fully saturated rings.